The SMILES string of the molecule is CNC(Cc1ccc(Cl)cc1)c1ccc(I)c(Cl)c1. The van der Waals surface area contributed by atoms with Crippen molar-refractivity contribution in [3.63, 3.8) is 0 Å². The quantitative estimate of drug-likeness (QED) is 0.697. The van der Waals surface area contributed by atoms with Crippen molar-refractivity contribution in [3.05, 3.63) is 67.2 Å². The van der Waals surface area contributed by atoms with Gasteiger partial charge in [-0.25, -0.2) is 0 Å². The predicted octanol–water partition coefficient (Wildman–Crippen LogP) is 5.10. The Hall–Kier alpha value is -0.290. The van der Waals surface area contributed by atoms with Gasteiger partial charge in [0, 0.05) is 14.6 Å². The number of rotatable bonds is 4. The molecule has 0 aliphatic rings. The van der Waals surface area contributed by atoms with Gasteiger partial charge in [0.05, 0.1) is 5.02 Å². The smallest absolute Gasteiger partial charge is 0.0542 e. The fourth-order valence-electron chi connectivity index (χ4n) is 1.97. The Balaban J connectivity index is 2.19. The molecule has 1 unspecified atom stereocenters. The molecule has 2 aromatic rings. The summed E-state index contributed by atoms with van der Waals surface area (Å²) in [5.41, 5.74) is 2.45. The van der Waals surface area contributed by atoms with Crippen LogP contribution in [0.5, 0.6) is 0 Å². The lowest BCUT2D eigenvalue weighted by Crippen LogP contribution is -2.18. The molecule has 2 aromatic carbocycles. The van der Waals surface area contributed by atoms with Crippen LogP contribution in [-0.4, -0.2) is 7.05 Å². The van der Waals surface area contributed by atoms with Crippen molar-refractivity contribution in [2.75, 3.05) is 7.05 Å². The zero-order valence-electron chi connectivity index (χ0n) is 10.5. The molecule has 1 N–H and O–H groups in total. The van der Waals surface area contributed by atoms with E-state index in [1.165, 1.54) is 11.1 Å². The number of nitrogens with one attached hydrogen (secondary N) is 1. The van der Waals surface area contributed by atoms with Crippen LogP contribution in [0, 0.1) is 3.57 Å². The standard InChI is InChI=1S/C15H14Cl2IN/c1-19-15(8-10-2-5-12(16)6-3-10)11-4-7-14(18)13(17)9-11/h2-7,9,15,19H,8H2,1H3. The molecule has 19 heavy (non-hydrogen) atoms. The first kappa shape index (κ1) is 15.1. The first-order valence-electron chi connectivity index (χ1n) is 5.97. The van der Waals surface area contributed by atoms with Crippen LogP contribution in [0.25, 0.3) is 0 Å². The molecule has 0 radical (unpaired) electrons. The minimum absolute atomic E-state index is 0.246. The van der Waals surface area contributed by atoms with Crippen molar-refractivity contribution in [2.24, 2.45) is 0 Å². The maximum absolute atomic E-state index is 6.19. The van der Waals surface area contributed by atoms with E-state index < -0.39 is 0 Å². The van der Waals surface area contributed by atoms with Gasteiger partial charge in [-0.3, -0.25) is 0 Å². The molecular formula is C15H14Cl2IN. The molecule has 0 aliphatic heterocycles. The van der Waals surface area contributed by atoms with Crippen LogP contribution >= 0.6 is 45.8 Å². The summed E-state index contributed by atoms with van der Waals surface area (Å²) in [6.45, 7) is 0. The van der Waals surface area contributed by atoms with Crippen molar-refractivity contribution in [1.29, 1.82) is 0 Å². The van der Waals surface area contributed by atoms with Gasteiger partial charge >= 0.3 is 0 Å². The van der Waals surface area contributed by atoms with Crippen molar-refractivity contribution in [1.82, 2.24) is 5.32 Å². The van der Waals surface area contributed by atoms with Crippen molar-refractivity contribution in [2.45, 2.75) is 12.5 Å². The second-order valence-electron chi connectivity index (χ2n) is 4.35. The molecule has 0 fully saturated rings. The van der Waals surface area contributed by atoms with E-state index in [1.807, 2.05) is 31.3 Å². The molecular weight excluding hydrogens is 392 g/mol. The Morgan fingerprint density at radius 1 is 1.11 bits per heavy atom. The second kappa shape index (κ2) is 6.93. The van der Waals surface area contributed by atoms with E-state index in [0.717, 1.165) is 20.0 Å². The van der Waals surface area contributed by atoms with Crippen LogP contribution in [0.1, 0.15) is 17.2 Å². The molecule has 0 saturated heterocycles. The Morgan fingerprint density at radius 2 is 1.79 bits per heavy atom. The van der Waals surface area contributed by atoms with Gasteiger partial charge in [-0.1, -0.05) is 41.4 Å². The molecule has 100 valence electrons. The number of likely N-dealkylation sites (N-methyl/N-ethyl adjacent to an activating group) is 1. The van der Waals surface area contributed by atoms with Gasteiger partial charge in [0.25, 0.3) is 0 Å². The van der Waals surface area contributed by atoms with Crippen LogP contribution in [0.15, 0.2) is 42.5 Å². The molecule has 0 aromatic heterocycles. The van der Waals surface area contributed by atoms with Gasteiger partial charge in [-0.15, -0.1) is 0 Å². The maximum Gasteiger partial charge on any atom is 0.0542 e. The lowest BCUT2D eigenvalue weighted by Gasteiger charge is -2.17. The van der Waals surface area contributed by atoms with Crippen LogP contribution in [0.3, 0.4) is 0 Å². The zero-order chi connectivity index (χ0) is 13.8. The third-order valence-corrected chi connectivity index (χ3v) is 4.87. The molecule has 0 bridgehead atoms. The Labute approximate surface area is 137 Å². The second-order valence-corrected chi connectivity index (χ2v) is 6.35. The molecule has 2 rings (SSSR count). The normalized spacial score (nSPS) is 12.4. The van der Waals surface area contributed by atoms with Crippen molar-refractivity contribution in [3.8, 4) is 0 Å². The molecule has 1 atom stereocenters. The van der Waals surface area contributed by atoms with Gasteiger partial charge in [-0.2, -0.15) is 0 Å². The third kappa shape index (κ3) is 4.09. The van der Waals surface area contributed by atoms with E-state index in [2.05, 4.69) is 46.1 Å². The highest BCUT2D eigenvalue weighted by molar-refractivity contribution is 14.1. The predicted molar refractivity (Wildman–Crippen MR) is 91.1 cm³/mol. The van der Waals surface area contributed by atoms with Gasteiger partial charge in [0.15, 0.2) is 0 Å². The van der Waals surface area contributed by atoms with Gasteiger partial charge in [-0.05, 0) is 71.5 Å². The van der Waals surface area contributed by atoms with E-state index in [4.69, 9.17) is 23.2 Å². The highest BCUT2D eigenvalue weighted by Crippen LogP contribution is 2.25. The summed E-state index contributed by atoms with van der Waals surface area (Å²) in [7, 11) is 1.96. The van der Waals surface area contributed by atoms with Gasteiger partial charge in [0.2, 0.25) is 0 Å². The van der Waals surface area contributed by atoms with Crippen molar-refractivity contribution < 1.29 is 0 Å². The van der Waals surface area contributed by atoms with Crippen LogP contribution in [0.2, 0.25) is 10.0 Å². The van der Waals surface area contributed by atoms with Gasteiger partial charge in [0.1, 0.15) is 0 Å². The summed E-state index contributed by atoms with van der Waals surface area (Å²) < 4.78 is 1.07. The van der Waals surface area contributed by atoms with E-state index in [0.29, 0.717) is 0 Å². The Morgan fingerprint density at radius 3 is 2.37 bits per heavy atom. The fourth-order valence-corrected chi connectivity index (χ4v) is 2.62. The number of halogens is 3. The summed E-state index contributed by atoms with van der Waals surface area (Å²) in [4.78, 5) is 0. The average molecular weight is 406 g/mol. The molecule has 1 nitrogen and oxygen atoms in total. The molecule has 0 aliphatic carbocycles. The highest BCUT2D eigenvalue weighted by Gasteiger charge is 2.11. The van der Waals surface area contributed by atoms with E-state index in [1.54, 1.807) is 0 Å². The molecule has 0 amide bonds. The van der Waals surface area contributed by atoms with Crippen LogP contribution < -0.4 is 5.32 Å². The third-order valence-electron chi connectivity index (χ3n) is 3.05. The molecule has 0 spiro atoms. The van der Waals surface area contributed by atoms with Crippen LogP contribution in [0.4, 0.5) is 0 Å². The number of hydrogen-bond acceptors (Lipinski definition) is 1. The summed E-state index contributed by atoms with van der Waals surface area (Å²) in [6.07, 6.45) is 0.907. The largest absolute Gasteiger partial charge is 0.313 e. The van der Waals surface area contributed by atoms with E-state index >= 15 is 0 Å². The first-order chi connectivity index (χ1) is 9.10. The zero-order valence-corrected chi connectivity index (χ0v) is 14.1. The van der Waals surface area contributed by atoms with E-state index in [9.17, 15) is 0 Å². The summed E-state index contributed by atoms with van der Waals surface area (Å²) in [5, 5.41) is 4.90. The van der Waals surface area contributed by atoms with Crippen LogP contribution in [-0.2, 0) is 6.42 Å². The summed E-state index contributed by atoms with van der Waals surface area (Å²) in [5.74, 6) is 0. The topological polar surface area (TPSA) is 12.0 Å². The monoisotopic (exact) mass is 405 g/mol. The lowest BCUT2D eigenvalue weighted by molar-refractivity contribution is 0.592. The minimum atomic E-state index is 0.246. The molecule has 4 heteroatoms. The minimum Gasteiger partial charge on any atom is -0.313 e. The highest BCUT2D eigenvalue weighted by atomic mass is 127. The molecule has 0 saturated carbocycles. The fraction of sp³-hybridized carbons (Fsp3) is 0.200. The number of hydrogen-bond donors (Lipinski definition) is 1. The molecule has 0 heterocycles. The summed E-state index contributed by atoms with van der Waals surface area (Å²) in [6, 6.07) is 14.4. The lowest BCUT2D eigenvalue weighted by atomic mass is 9.99. The van der Waals surface area contributed by atoms with E-state index in [-0.39, 0.29) is 6.04 Å². The average Bonchev–Trinajstić information content (AvgIpc) is 2.41. The Kier molecular flexibility index (Phi) is 5.51. The number of benzene rings is 2. The van der Waals surface area contributed by atoms with Gasteiger partial charge < -0.3 is 5.32 Å². The summed E-state index contributed by atoms with van der Waals surface area (Å²) >= 11 is 14.3. The maximum atomic E-state index is 6.19. The Bertz CT molecular complexity index is 555. The first-order valence-corrected chi connectivity index (χ1v) is 7.80. The van der Waals surface area contributed by atoms with Crippen molar-refractivity contribution >= 4 is 45.8 Å².